The monoisotopic (exact) mass is 318 g/mol. The molecule has 1 aliphatic heterocycles. The first-order chi connectivity index (χ1) is 11.0. The van der Waals surface area contributed by atoms with Crippen LogP contribution in [0.2, 0.25) is 0 Å². The Hall–Kier alpha value is -2.11. The molecule has 6 nitrogen and oxygen atoms in total. The van der Waals surface area contributed by atoms with Crippen LogP contribution in [0, 0.1) is 5.41 Å². The topological polar surface area (TPSA) is 79.6 Å². The van der Waals surface area contributed by atoms with Crippen molar-refractivity contribution in [2.45, 2.75) is 51.5 Å². The fraction of sp³-hybridized carbons (Fsp3) is 0.588. The molecular weight excluding hydrogens is 296 g/mol. The minimum absolute atomic E-state index is 0.164. The fourth-order valence-electron chi connectivity index (χ4n) is 3.68. The van der Waals surface area contributed by atoms with Crippen LogP contribution in [0.25, 0.3) is 0 Å². The second-order valence-electron chi connectivity index (χ2n) is 6.61. The van der Waals surface area contributed by atoms with Gasteiger partial charge < -0.3 is 9.73 Å². The van der Waals surface area contributed by atoms with Crippen LogP contribution in [-0.4, -0.2) is 29.2 Å². The number of amides is 3. The third-order valence-corrected chi connectivity index (χ3v) is 4.95. The molecule has 2 fully saturated rings. The maximum atomic E-state index is 12.6. The van der Waals surface area contributed by atoms with Crippen LogP contribution in [-0.2, 0) is 14.4 Å². The molecule has 0 aromatic carbocycles. The molecule has 23 heavy (non-hydrogen) atoms. The number of carbonyl (C=O) groups is 3. The lowest BCUT2D eigenvalue weighted by Gasteiger charge is -2.30. The molecule has 1 atom stereocenters. The van der Waals surface area contributed by atoms with Gasteiger partial charge in [0.05, 0.1) is 17.7 Å². The van der Waals surface area contributed by atoms with E-state index < -0.39 is 5.41 Å². The fourth-order valence-corrected chi connectivity index (χ4v) is 3.68. The highest BCUT2D eigenvalue weighted by Crippen LogP contribution is 2.45. The quantitative estimate of drug-likeness (QED) is 0.863. The molecule has 3 amide bonds. The summed E-state index contributed by atoms with van der Waals surface area (Å²) in [5.74, 6) is -0.0923. The third kappa shape index (κ3) is 3.02. The highest BCUT2D eigenvalue weighted by Gasteiger charge is 2.51. The lowest BCUT2D eigenvalue weighted by Crippen LogP contribution is -2.43. The molecule has 1 aromatic heterocycles. The molecule has 1 aromatic rings. The molecule has 1 N–H and O–H groups in total. The average molecular weight is 318 g/mol. The van der Waals surface area contributed by atoms with E-state index >= 15 is 0 Å². The first-order valence-electron chi connectivity index (χ1n) is 8.19. The summed E-state index contributed by atoms with van der Waals surface area (Å²) in [7, 11) is 0. The van der Waals surface area contributed by atoms with Gasteiger partial charge in [-0.3, -0.25) is 19.3 Å². The second kappa shape index (κ2) is 6.18. The van der Waals surface area contributed by atoms with Crippen molar-refractivity contribution in [1.29, 1.82) is 0 Å². The predicted molar refractivity (Wildman–Crippen MR) is 82.1 cm³/mol. The Balaban J connectivity index is 1.62. The Morgan fingerprint density at radius 1 is 1.35 bits per heavy atom. The van der Waals surface area contributed by atoms with E-state index in [1.54, 1.807) is 25.3 Å². The average Bonchev–Trinajstić information content (AvgIpc) is 3.13. The van der Waals surface area contributed by atoms with Gasteiger partial charge in [-0.1, -0.05) is 19.3 Å². The van der Waals surface area contributed by atoms with Crippen molar-refractivity contribution in [3.8, 4) is 0 Å². The van der Waals surface area contributed by atoms with Gasteiger partial charge in [0.2, 0.25) is 17.7 Å². The first-order valence-corrected chi connectivity index (χ1v) is 8.19. The third-order valence-electron chi connectivity index (χ3n) is 4.95. The number of furan rings is 1. The summed E-state index contributed by atoms with van der Waals surface area (Å²) < 4.78 is 5.24. The van der Waals surface area contributed by atoms with E-state index in [0.29, 0.717) is 5.76 Å². The van der Waals surface area contributed by atoms with Gasteiger partial charge in [0.15, 0.2) is 0 Å². The van der Waals surface area contributed by atoms with Crippen LogP contribution in [0.1, 0.15) is 57.3 Å². The molecular formula is C17H22N2O4. The number of nitrogens with one attached hydrogen (secondary N) is 1. The number of carbonyl (C=O) groups excluding carboxylic acids is 3. The lowest BCUT2D eigenvalue weighted by molar-refractivity contribution is -0.145. The predicted octanol–water partition coefficient (Wildman–Crippen LogP) is 2.17. The van der Waals surface area contributed by atoms with Crippen molar-refractivity contribution >= 4 is 17.7 Å². The van der Waals surface area contributed by atoms with Gasteiger partial charge in [0, 0.05) is 6.42 Å². The molecule has 1 saturated carbocycles. The SMILES string of the molecule is C[C@H](NC(=O)CN1C(=O)CC2(CCCCC2)C1=O)c1ccco1. The van der Waals surface area contributed by atoms with E-state index in [4.69, 9.17) is 4.42 Å². The zero-order valence-electron chi connectivity index (χ0n) is 13.3. The Kier molecular flexibility index (Phi) is 4.24. The maximum Gasteiger partial charge on any atom is 0.240 e. The van der Waals surface area contributed by atoms with Crippen LogP contribution >= 0.6 is 0 Å². The van der Waals surface area contributed by atoms with E-state index in [9.17, 15) is 14.4 Å². The standard InChI is InChI=1S/C17H22N2O4/c1-12(13-6-5-9-23-13)18-14(20)11-19-15(21)10-17(16(19)22)7-3-2-4-8-17/h5-6,9,12H,2-4,7-8,10-11H2,1H3,(H,18,20)/t12-/m0/s1. The Labute approximate surface area is 135 Å². The molecule has 124 valence electrons. The Bertz CT molecular complexity index is 602. The molecule has 0 unspecified atom stereocenters. The zero-order chi connectivity index (χ0) is 16.4. The summed E-state index contributed by atoms with van der Waals surface area (Å²) in [5.41, 5.74) is -0.539. The van der Waals surface area contributed by atoms with Gasteiger partial charge in [-0.15, -0.1) is 0 Å². The van der Waals surface area contributed by atoms with Crippen molar-refractivity contribution in [3.63, 3.8) is 0 Å². The summed E-state index contributed by atoms with van der Waals surface area (Å²) in [5, 5.41) is 2.76. The molecule has 3 rings (SSSR count). The zero-order valence-corrected chi connectivity index (χ0v) is 13.3. The van der Waals surface area contributed by atoms with Crippen LogP contribution in [0.3, 0.4) is 0 Å². The lowest BCUT2D eigenvalue weighted by atomic mass is 9.73. The van der Waals surface area contributed by atoms with Crippen molar-refractivity contribution in [2.75, 3.05) is 6.54 Å². The van der Waals surface area contributed by atoms with Gasteiger partial charge in [-0.05, 0) is 31.9 Å². The molecule has 1 aliphatic carbocycles. The van der Waals surface area contributed by atoms with Crippen molar-refractivity contribution in [2.24, 2.45) is 5.41 Å². The van der Waals surface area contributed by atoms with E-state index in [0.717, 1.165) is 37.0 Å². The number of imide groups is 1. The van der Waals surface area contributed by atoms with Crippen LogP contribution in [0.15, 0.2) is 22.8 Å². The first kappa shape index (κ1) is 15.8. The molecule has 6 heteroatoms. The second-order valence-corrected chi connectivity index (χ2v) is 6.61. The summed E-state index contributed by atoms with van der Waals surface area (Å²) in [6, 6.07) is 3.22. The van der Waals surface area contributed by atoms with Gasteiger partial charge >= 0.3 is 0 Å². The normalized spacial score (nSPS) is 21.7. The molecule has 2 heterocycles. The molecule has 1 saturated heterocycles. The van der Waals surface area contributed by atoms with Gasteiger partial charge in [-0.25, -0.2) is 0 Å². The number of likely N-dealkylation sites (tertiary alicyclic amines) is 1. The molecule has 0 bridgehead atoms. The molecule has 1 spiro atoms. The van der Waals surface area contributed by atoms with Gasteiger partial charge in [0.1, 0.15) is 12.3 Å². The Morgan fingerprint density at radius 3 is 2.74 bits per heavy atom. The highest BCUT2D eigenvalue weighted by molar-refractivity contribution is 6.08. The summed E-state index contributed by atoms with van der Waals surface area (Å²) >= 11 is 0. The summed E-state index contributed by atoms with van der Waals surface area (Å²) in [6.45, 7) is 1.59. The van der Waals surface area contributed by atoms with Crippen LogP contribution < -0.4 is 5.32 Å². The maximum absolute atomic E-state index is 12.6. The number of hydrogen-bond donors (Lipinski definition) is 1. The van der Waals surface area contributed by atoms with Crippen LogP contribution in [0.4, 0.5) is 0 Å². The van der Waals surface area contributed by atoms with E-state index in [-0.39, 0.29) is 36.7 Å². The van der Waals surface area contributed by atoms with E-state index in [1.807, 2.05) is 0 Å². The van der Waals surface area contributed by atoms with E-state index in [1.165, 1.54) is 0 Å². The molecule has 2 aliphatic rings. The van der Waals surface area contributed by atoms with Gasteiger partial charge in [0.25, 0.3) is 0 Å². The van der Waals surface area contributed by atoms with Crippen molar-refractivity contribution in [1.82, 2.24) is 10.2 Å². The minimum atomic E-state index is -0.539. The summed E-state index contributed by atoms with van der Waals surface area (Å²) in [4.78, 5) is 38.2. The van der Waals surface area contributed by atoms with Gasteiger partial charge in [-0.2, -0.15) is 0 Å². The number of hydrogen-bond acceptors (Lipinski definition) is 4. The Morgan fingerprint density at radius 2 is 2.09 bits per heavy atom. The number of nitrogens with zero attached hydrogens (tertiary/aromatic N) is 1. The van der Waals surface area contributed by atoms with Crippen molar-refractivity contribution in [3.05, 3.63) is 24.2 Å². The van der Waals surface area contributed by atoms with Crippen LogP contribution in [0.5, 0.6) is 0 Å². The largest absolute Gasteiger partial charge is 0.467 e. The summed E-state index contributed by atoms with van der Waals surface area (Å²) in [6.07, 6.45) is 6.40. The molecule has 0 radical (unpaired) electrons. The highest BCUT2D eigenvalue weighted by atomic mass is 16.3. The number of rotatable bonds is 4. The van der Waals surface area contributed by atoms with Crippen molar-refractivity contribution < 1.29 is 18.8 Å². The smallest absolute Gasteiger partial charge is 0.240 e. The van der Waals surface area contributed by atoms with E-state index in [2.05, 4.69) is 5.32 Å². The minimum Gasteiger partial charge on any atom is -0.467 e.